The van der Waals surface area contributed by atoms with Crippen LogP contribution >= 0.6 is 57.6 Å². The maximum atomic E-state index is 12.7. The molecule has 0 unspecified atom stereocenters. The lowest BCUT2D eigenvalue weighted by Gasteiger charge is -2.18. The normalized spacial score (nSPS) is 17.4. The summed E-state index contributed by atoms with van der Waals surface area (Å²) in [4.78, 5) is 40.5. The lowest BCUT2D eigenvalue weighted by molar-refractivity contribution is -0.135. The Hall–Kier alpha value is -1.75. The van der Waals surface area contributed by atoms with E-state index in [2.05, 4.69) is 22.6 Å². The number of thioether (sulfide) groups is 1. The van der Waals surface area contributed by atoms with Gasteiger partial charge in [-0.25, -0.2) is 0 Å². The summed E-state index contributed by atoms with van der Waals surface area (Å²) in [6, 6.07) is 10.7. The molecule has 2 fully saturated rings. The van der Waals surface area contributed by atoms with Crippen LogP contribution in [0.25, 0.3) is 6.08 Å². The van der Waals surface area contributed by atoms with Crippen LogP contribution in [0.1, 0.15) is 24.0 Å². The van der Waals surface area contributed by atoms with Gasteiger partial charge in [0.25, 0.3) is 11.1 Å². The highest BCUT2D eigenvalue weighted by Crippen LogP contribution is 2.33. The fourth-order valence-corrected chi connectivity index (χ4v) is 5.50. The summed E-state index contributed by atoms with van der Waals surface area (Å²) in [5, 5.41) is 0.675. The standard InChI is InChI=1S/C23H19Cl2IN2O4S/c24-16-5-4-15(17(25)11-16)13-32-19-6-3-14(9-18(19)26)10-20-22(30)28(23(31)33-20)12-21(29)27-7-1-2-8-27/h3-6,9-11H,1-2,7-8,12-13H2/b20-10+. The van der Waals surface area contributed by atoms with Gasteiger partial charge in [-0.1, -0.05) is 35.3 Å². The van der Waals surface area contributed by atoms with E-state index in [1.807, 2.05) is 18.2 Å². The molecule has 2 heterocycles. The molecule has 172 valence electrons. The number of halogens is 3. The zero-order valence-corrected chi connectivity index (χ0v) is 21.8. The Bertz CT molecular complexity index is 1150. The summed E-state index contributed by atoms with van der Waals surface area (Å²) in [6.07, 6.45) is 3.57. The lowest BCUT2D eigenvalue weighted by Crippen LogP contribution is -2.40. The molecule has 4 rings (SSSR count). The van der Waals surface area contributed by atoms with Gasteiger partial charge in [0, 0.05) is 28.7 Å². The number of imide groups is 1. The molecule has 2 aliphatic heterocycles. The lowest BCUT2D eigenvalue weighted by atomic mass is 10.2. The number of benzene rings is 2. The van der Waals surface area contributed by atoms with Crippen molar-refractivity contribution < 1.29 is 19.1 Å². The molecule has 3 amide bonds. The molecule has 2 aliphatic rings. The van der Waals surface area contributed by atoms with Gasteiger partial charge in [0.05, 0.1) is 8.48 Å². The molecular formula is C23H19Cl2IN2O4S. The quantitative estimate of drug-likeness (QED) is 0.302. The van der Waals surface area contributed by atoms with Gasteiger partial charge >= 0.3 is 0 Å². The van der Waals surface area contributed by atoms with Gasteiger partial charge in [-0.05, 0) is 83.1 Å². The van der Waals surface area contributed by atoms with E-state index in [1.165, 1.54) is 0 Å². The fourth-order valence-electron chi connectivity index (χ4n) is 3.51. The topological polar surface area (TPSA) is 66.9 Å². The van der Waals surface area contributed by atoms with Crippen LogP contribution in [0.3, 0.4) is 0 Å². The zero-order valence-electron chi connectivity index (χ0n) is 17.4. The van der Waals surface area contributed by atoms with Gasteiger partial charge in [-0.15, -0.1) is 0 Å². The van der Waals surface area contributed by atoms with Gasteiger partial charge in [0.1, 0.15) is 18.9 Å². The first-order chi connectivity index (χ1) is 15.8. The molecule has 0 aromatic heterocycles. The summed E-state index contributed by atoms with van der Waals surface area (Å²) >= 11 is 15.1. The second kappa shape index (κ2) is 10.7. The molecule has 6 nitrogen and oxygen atoms in total. The molecule has 0 saturated carbocycles. The molecule has 2 aromatic carbocycles. The predicted molar refractivity (Wildman–Crippen MR) is 138 cm³/mol. The molecule has 0 spiro atoms. The van der Waals surface area contributed by atoms with Crippen molar-refractivity contribution in [3.63, 3.8) is 0 Å². The van der Waals surface area contributed by atoms with Gasteiger partial charge in [-0.2, -0.15) is 0 Å². The number of amides is 3. The number of nitrogens with zero attached hydrogens (tertiary/aromatic N) is 2. The molecule has 0 bridgehead atoms. The minimum Gasteiger partial charge on any atom is -0.488 e. The average Bonchev–Trinajstić information content (AvgIpc) is 3.39. The Morgan fingerprint density at radius 1 is 1.12 bits per heavy atom. The van der Waals surface area contributed by atoms with E-state index < -0.39 is 11.1 Å². The summed E-state index contributed by atoms with van der Waals surface area (Å²) in [5.41, 5.74) is 1.57. The molecule has 0 aliphatic carbocycles. The van der Waals surface area contributed by atoms with Crippen molar-refractivity contribution >= 4 is 80.7 Å². The van der Waals surface area contributed by atoms with Crippen LogP contribution in [-0.2, 0) is 16.2 Å². The third-order valence-electron chi connectivity index (χ3n) is 5.28. The third-order valence-corrected chi connectivity index (χ3v) is 7.62. The van der Waals surface area contributed by atoms with E-state index in [0.29, 0.717) is 33.8 Å². The van der Waals surface area contributed by atoms with Crippen molar-refractivity contribution in [2.24, 2.45) is 0 Å². The van der Waals surface area contributed by atoms with Gasteiger partial charge in [0.2, 0.25) is 5.91 Å². The number of hydrogen-bond acceptors (Lipinski definition) is 5. The van der Waals surface area contributed by atoms with Crippen LogP contribution < -0.4 is 4.74 Å². The highest BCUT2D eigenvalue weighted by molar-refractivity contribution is 14.1. The highest BCUT2D eigenvalue weighted by Gasteiger charge is 2.37. The summed E-state index contributed by atoms with van der Waals surface area (Å²) in [6.45, 7) is 1.44. The Morgan fingerprint density at radius 2 is 1.88 bits per heavy atom. The van der Waals surface area contributed by atoms with Gasteiger partial charge in [0.15, 0.2) is 0 Å². The van der Waals surface area contributed by atoms with Crippen molar-refractivity contribution in [1.82, 2.24) is 9.80 Å². The van der Waals surface area contributed by atoms with E-state index in [1.54, 1.807) is 29.2 Å². The van der Waals surface area contributed by atoms with Crippen molar-refractivity contribution in [2.75, 3.05) is 19.6 Å². The van der Waals surface area contributed by atoms with Crippen LogP contribution in [0.15, 0.2) is 41.3 Å². The van der Waals surface area contributed by atoms with E-state index in [0.717, 1.165) is 44.2 Å². The predicted octanol–water partition coefficient (Wildman–Crippen LogP) is 5.84. The van der Waals surface area contributed by atoms with Crippen molar-refractivity contribution in [1.29, 1.82) is 0 Å². The first kappa shape index (κ1) is 24.4. The fraction of sp³-hybridized carbons (Fsp3) is 0.261. The van der Waals surface area contributed by atoms with E-state index in [4.69, 9.17) is 27.9 Å². The Balaban J connectivity index is 1.42. The van der Waals surface area contributed by atoms with Gasteiger partial charge < -0.3 is 9.64 Å². The molecule has 0 radical (unpaired) electrons. The maximum Gasteiger partial charge on any atom is 0.294 e. The minimum absolute atomic E-state index is 0.187. The average molecular weight is 617 g/mol. The summed E-state index contributed by atoms with van der Waals surface area (Å²) < 4.78 is 6.73. The monoisotopic (exact) mass is 616 g/mol. The first-order valence-electron chi connectivity index (χ1n) is 10.2. The van der Waals surface area contributed by atoms with Crippen LogP contribution in [0.5, 0.6) is 5.75 Å². The number of hydrogen-bond donors (Lipinski definition) is 0. The van der Waals surface area contributed by atoms with Crippen molar-refractivity contribution in [2.45, 2.75) is 19.4 Å². The Labute approximate surface area is 219 Å². The zero-order chi connectivity index (χ0) is 23.5. The molecule has 0 N–H and O–H groups in total. The minimum atomic E-state index is -0.440. The molecule has 2 aromatic rings. The summed E-state index contributed by atoms with van der Waals surface area (Å²) in [5.74, 6) is 0.0428. The molecule has 33 heavy (non-hydrogen) atoms. The number of likely N-dealkylation sites (tertiary alicyclic amines) is 1. The number of carbonyl (C=O) groups is 3. The van der Waals surface area contributed by atoms with Gasteiger partial charge in [-0.3, -0.25) is 19.3 Å². The molecular weight excluding hydrogens is 598 g/mol. The smallest absolute Gasteiger partial charge is 0.294 e. The maximum absolute atomic E-state index is 12.7. The largest absolute Gasteiger partial charge is 0.488 e. The highest BCUT2D eigenvalue weighted by atomic mass is 127. The first-order valence-corrected chi connectivity index (χ1v) is 12.9. The number of ether oxygens (including phenoxy) is 1. The summed E-state index contributed by atoms with van der Waals surface area (Å²) in [7, 11) is 0. The molecule has 10 heteroatoms. The van der Waals surface area contributed by atoms with Crippen molar-refractivity contribution in [3.05, 3.63) is 66.0 Å². The van der Waals surface area contributed by atoms with Crippen LogP contribution in [0.2, 0.25) is 10.0 Å². The number of rotatable bonds is 6. The second-order valence-corrected chi connectivity index (χ2v) is 10.6. The van der Waals surface area contributed by atoms with Crippen molar-refractivity contribution in [3.8, 4) is 5.75 Å². The SMILES string of the molecule is O=C(CN1C(=O)S/C(=C/c2ccc(OCc3ccc(Cl)cc3Cl)c(I)c2)C1=O)N1CCCC1. The Morgan fingerprint density at radius 3 is 2.58 bits per heavy atom. The number of carbonyl (C=O) groups excluding carboxylic acids is 3. The molecule has 0 atom stereocenters. The molecule has 2 saturated heterocycles. The van der Waals surface area contributed by atoms with Crippen LogP contribution in [-0.4, -0.2) is 46.5 Å². The second-order valence-electron chi connectivity index (χ2n) is 7.57. The van der Waals surface area contributed by atoms with E-state index in [-0.39, 0.29) is 19.1 Å². The van der Waals surface area contributed by atoms with E-state index >= 15 is 0 Å². The van der Waals surface area contributed by atoms with Crippen LogP contribution in [0.4, 0.5) is 4.79 Å². The van der Waals surface area contributed by atoms with E-state index in [9.17, 15) is 14.4 Å². The Kier molecular flexibility index (Phi) is 7.88. The third kappa shape index (κ3) is 5.85. The van der Waals surface area contributed by atoms with Crippen LogP contribution in [0, 0.1) is 3.57 Å².